The maximum atomic E-state index is 12.1. The fourth-order valence-corrected chi connectivity index (χ4v) is 2.67. The van der Waals surface area contributed by atoms with Gasteiger partial charge in [-0.05, 0) is 12.1 Å². The van der Waals surface area contributed by atoms with E-state index in [-0.39, 0.29) is 5.91 Å². The average Bonchev–Trinajstić information content (AvgIpc) is 2.97. The highest BCUT2D eigenvalue weighted by Crippen LogP contribution is 2.17. The number of hydrogen-bond donors (Lipinski definition) is 1. The summed E-state index contributed by atoms with van der Waals surface area (Å²) in [6, 6.07) is 16.9. The van der Waals surface area contributed by atoms with Crippen LogP contribution in [0, 0.1) is 0 Å². The molecule has 0 aliphatic heterocycles. The van der Waals surface area contributed by atoms with Gasteiger partial charge in [0.1, 0.15) is 5.82 Å². The molecule has 0 aliphatic rings. The van der Waals surface area contributed by atoms with Crippen molar-refractivity contribution in [3.8, 4) is 11.4 Å². The molecule has 3 aromatic rings. The largest absolute Gasteiger partial charge is 0.352 e. The van der Waals surface area contributed by atoms with E-state index in [9.17, 15) is 4.79 Å². The minimum atomic E-state index is -0.189. The van der Waals surface area contributed by atoms with Crippen LogP contribution >= 0.6 is 11.6 Å². The SMILES string of the molecule is Cn1c(CCNC(=O)c2ccccc2Cl)nnc1-c1ccccc1. The number of carbonyl (C=O) groups excluding carboxylic acids is 1. The summed E-state index contributed by atoms with van der Waals surface area (Å²) in [6.07, 6.45) is 0.590. The Morgan fingerprint density at radius 1 is 1.08 bits per heavy atom. The van der Waals surface area contributed by atoms with Gasteiger partial charge in [-0.25, -0.2) is 0 Å². The van der Waals surface area contributed by atoms with Crippen LogP contribution in [-0.4, -0.2) is 27.2 Å². The Balaban J connectivity index is 1.63. The second-order valence-electron chi connectivity index (χ2n) is 5.35. The van der Waals surface area contributed by atoms with Crippen molar-refractivity contribution < 1.29 is 4.79 Å². The highest BCUT2D eigenvalue weighted by Gasteiger charge is 2.12. The molecule has 1 heterocycles. The number of aromatic nitrogens is 3. The van der Waals surface area contributed by atoms with Crippen LogP contribution in [0.1, 0.15) is 16.2 Å². The maximum absolute atomic E-state index is 12.1. The minimum absolute atomic E-state index is 0.189. The molecule has 0 saturated carbocycles. The summed E-state index contributed by atoms with van der Waals surface area (Å²) in [7, 11) is 1.92. The van der Waals surface area contributed by atoms with Crippen molar-refractivity contribution in [1.29, 1.82) is 0 Å². The van der Waals surface area contributed by atoms with Crippen LogP contribution in [0.15, 0.2) is 54.6 Å². The standard InChI is InChI=1S/C18H17ClN4O/c1-23-16(21-22-17(23)13-7-3-2-4-8-13)11-12-20-18(24)14-9-5-6-10-15(14)19/h2-10H,11-12H2,1H3,(H,20,24). The summed E-state index contributed by atoms with van der Waals surface area (Å²) in [5.41, 5.74) is 1.49. The molecule has 0 radical (unpaired) electrons. The van der Waals surface area contributed by atoms with Crippen LogP contribution in [-0.2, 0) is 13.5 Å². The van der Waals surface area contributed by atoms with E-state index in [4.69, 9.17) is 11.6 Å². The first-order valence-corrected chi connectivity index (χ1v) is 8.01. The normalized spacial score (nSPS) is 10.6. The molecule has 24 heavy (non-hydrogen) atoms. The van der Waals surface area contributed by atoms with E-state index in [1.54, 1.807) is 24.3 Å². The molecule has 122 valence electrons. The zero-order valence-corrected chi connectivity index (χ0v) is 14.0. The third kappa shape index (κ3) is 3.46. The van der Waals surface area contributed by atoms with Gasteiger partial charge in [0.15, 0.2) is 5.82 Å². The first-order valence-electron chi connectivity index (χ1n) is 7.63. The molecule has 0 atom stereocenters. The topological polar surface area (TPSA) is 59.8 Å². The van der Waals surface area contributed by atoms with Gasteiger partial charge < -0.3 is 9.88 Å². The van der Waals surface area contributed by atoms with Crippen molar-refractivity contribution in [1.82, 2.24) is 20.1 Å². The predicted molar refractivity (Wildman–Crippen MR) is 93.9 cm³/mol. The molecule has 1 aromatic heterocycles. The van der Waals surface area contributed by atoms with E-state index in [0.29, 0.717) is 23.6 Å². The van der Waals surface area contributed by atoms with E-state index in [0.717, 1.165) is 17.2 Å². The molecule has 0 unspecified atom stereocenters. The number of rotatable bonds is 5. The molecular weight excluding hydrogens is 324 g/mol. The van der Waals surface area contributed by atoms with Gasteiger partial charge in [-0.1, -0.05) is 54.1 Å². The molecule has 1 N–H and O–H groups in total. The van der Waals surface area contributed by atoms with Crippen molar-refractivity contribution in [2.45, 2.75) is 6.42 Å². The van der Waals surface area contributed by atoms with Crippen molar-refractivity contribution in [2.24, 2.45) is 7.05 Å². The Labute approximate surface area is 145 Å². The number of hydrogen-bond acceptors (Lipinski definition) is 3. The Bertz CT molecular complexity index is 845. The molecule has 0 bridgehead atoms. The Morgan fingerprint density at radius 2 is 1.79 bits per heavy atom. The first-order chi connectivity index (χ1) is 11.7. The first kappa shape index (κ1) is 16.2. The average molecular weight is 341 g/mol. The fourth-order valence-electron chi connectivity index (χ4n) is 2.45. The van der Waals surface area contributed by atoms with Gasteiger partial charge >= 0.3 is 0 Å². The van der Waals surface area contributed by atoms with E-state index < -0.39 is 0 Å². The zero-order valence-electron chi connectivity index (χ0n) is 13.2. The summed E-state index contributed by atoms with van der Waals surface area (Å²) < 4.78 is 1.94. The van der Waals surface area contributed by atoms with E-state index in [1.165, 1.54) is 0 Å². The minimum Gasteiger partial charge on any atom is -0.352 e. The van der Waals surface area contributed by atoms with Crippen LogP contribution in [0.5, 0.6) is 0 Å². The van der Waals surface area contributed by atoms with Gasteiger partial charge in [0, 0.05) is 25.6 Å². The number of benzene rings is 2. The summed E-state index contributed by atoms with van der Waals surface area (Å²) in [5.74, 6) is 1.43. The lowest BCUT2D eigenvalue weighted by Crippen LogP contribution is -2.26. The number of halogens is 1. The number of carbonyl (C=O) groups is 1. The zero-order chi connectivity index (χ0) is 16.9. The lowest BCUT2D eigenvalue weighted by Gasteiger charge is -2.07. The summed E-state index contributed by atoms with van der Waals surface area (Å²) in [6.45, 7) is 0.463. The second kappa shape index (κ2) is 7.27. The molecule has 0 fully saturated rings. The van der Waals surface area contributed by atoms with Gasteiger partial charge in [0.2, 0.25) is 0 Å². The van der Waals surface area contributed by atoms with Crippen molar-refractivity contribution >= 4 is 17.5 Å². The van der Waals surface area contributed by atoms with Gasteiger partial charge in [-0.2, -0.15) is 0 Å². The van der Waals surface area contributed by atoms with Gasteiger partial charge in [-0.3, -0.25) is 4.79 Å². The molecule has 3 rings (SSSR count). The molecule has 0 spiro atoms. The Morgan fingerprint density at radius 3 is 2.54 bits per heavy atom. The number of nitrogens with zero attached hydrogens (tertiary/aromatic N) is 3. The van der Waals surface area contributed by atoms with Crippen LogP contribution in [0.2, 0.25) is 5.02 Å². The smallest absolute Gasteiger partial charge is 0.252 e. The molecule has 0 aliphatic carbocycles. The quantitative estimate of drug-likeness (QED) is 0.776. The molecule has 1 amide bonds. The van der Waals surface area contributed by atoms with E-state index >= 15 is 0 Å². The van der Waals surface area contributed by atoms with E-state index in [2.05, 4.69) is 15.5 Å². The summed E-state index contributed by atoms with van der Waals surface area (Å²) in [4.78, 5) is 12.1. The molecule has 0 saturated heterocycles. The van der Waals surface area contributed by atoms with E-state index in [1.807, 2.05) is 41.9 Å². The van der Waals surface area contributed by atoms with Crippen LogP contribution in [0.25, 0.3) is 11.4 Å². The van der Waals surface area contributed by atoms with Crippen LogP contribution in [0.4, 0.5) is 0 Å². The maximum Gasteiger partial charge on any atom is 0.252 e. The van der Waals surface area contributed by atoms with Crippen molar-refractivity contribution in [3.63, 3.8) is 0 Å². The van der Waals surface area contributed by atoms with Crippen molar-refractivity contribution in [3.05, 3.63) is 71.0 Å². The lowest BCUT2D eigenvalue weighted by atomic mass is 10.2. The monoisotopic (exact) mass is 340 g/mol. The molecular formula is C18H17ClN4O. The lowest BCUT2D eigenvalue weighted by molar-refractivity contribution is 0.0954. The Hall–Kier alpha value is -2.66. The summed E-state index contributed by atoms with van der Waals surface area (Å²) in [5, 5.41) is 11.8. The number of amides is 1. The van der Waals surface area contributed by atoms with Gasteiger partial charge in [-0.15, -0.1) is 10.2 Å². The third-order valence-corrected chi connectivity index (χ3v) is 4.08. The molecule has 2 aromatic carbocycles. The van der Waals surface area contributed by atoms with Crippen LogP contribution < -0.4 is 5.32 Å². The highest BCUT2D eigenvalue weighted by molar-refractivity contribution is 6.33. The fraction of sp³-hybridized carbons (Fsp3) is 0.167. The second-order valence-corrected chi connectivity index (χ2v) is 5.76. The van der Waals surface area contributed by atoms with Gasteiger partial charge in [0.05, 0.1) is 10.6 Å². The third-order valence-electron chi connectivity index (χ3n) is 3.75. The number of nitrogens with one attached hydrogen (secondary N) is 1. The van der Waals surface area contributed by atoms with Crippen molar-refractivity contribution in [2.75, 3.05) is 6.54 Å². The molecule has 6 heteroatoms. The predicted octanol–water partition coefficient (Wildman–Crippen LogP) is 3.11. The summed E-state index contributed by atoms with van der Waals surface area (Å²) >= 11 is 6.02. The van der Waals surface area contributed by atoms with Gasteiger partial charge in [0.25, 0.3) is 5.91 Å². The molecule has 5 nitrogen and oxygen atoms in total. The highest BCUT2D eigenvalue weighted by atomic mass is 35.5. The Kier molecular flexibility index (Phi) is 4.91. The van der Waals surface area contributed by atoms with Crippen LogP contribution in [0.3, 0.4) is 0 Å².